The third-order valence-corrected chi connectivity index (χ3v) is 7.00. The van der Waals surface area contributed by atoms with Crippen molar-refractivity contribution in [1.82, 2.24) is 20.2 Å². The Kier molecular flexibility index (Phi) is 7.04. The Hall–Kier alpha value is -4.00. The van der Waals surface area contributed by atoms with Gasteiger partial charge in [0, 0.05) is 41.9 Å². The van der Waals surface area contributed by atoms with Gasteiger partial charge in [-0.3, -0.25) is 0 Å². The summed E-state index contributed by atoms with van der Waals surface area (Å²) in [6, 6.07) is 12.8. The average Bonchev–Trinajstić information content (AvgIpc) is 2.89. The monoisotopic (exact) mass is 499 g/mol. The van der Waals surface area contributed by atoms with Gasteiger partial charge in [0.2, 0.25) is 11.9 Å². The molecule has 2 aromatic heterocycles. The van der Waals surface area contributed by atoms with Gasteiger partial charge in [0.1, 0.15) is 5.82 Å². The van der Waals surface area contributed by atoms with Crippen LogP contribution in [0.3, 0.4) is 0 Å². The van der Waals surface area contributed by atoms with Crippen molar-refractivity contribution in [3.63, 3.8) is 0 Å². The van der Waals surface area contributed by atoms with Crippen LogP contribution in [0, 0.1) is 11.9 Å². The van der Waals surface area contributed by atoms with Crippen LogP contribution in [0.1, 0.15) is 55.7 Å². The van der Waals surface area contributed by atoms with E-state index in [0.29, 0.717) is 17.4 Å². The highest BCUT2D eigenvalue weighted by molar-refractivity contribution is 5.87. The van der Waals surface area contributed by atoms with Crippen LogP contribution >= 0.6 is 0 Å². The van der Waals surface area contributed by atoms with Crippen molar-refractivity contribution in [2.75, 3.05) is 18.4 Å². The number of allylic oxidation sites excluding steroid dienone is 2. The lowest BCUT2D eigenvalue weighted by molar-refractivity contribution is 0.264. The van der Waals surface area contributed by atoms with E-state index < -0.39 is 11.9 Å². The predicted octanol–water partition coefficient (Wildman–Crippen LogP) is 7.20. The molecule has 3 aromatic rings. The second kappa shape index (κ2) is 10.5. The molecule has 5 nitrogen and oxygen atoms in total. The normalized spacial score (nSPS) is 16.4. The Morgan fingerprint density at radius 3 is 2.57 bits per heavy atom. The minimum absolute atomic E-state index is 0.150. The van der Waals surface area contributed by atoms with Gasteiger partial charge in [0.15, 0.2) is 0 Å². The maximum atomic E-state index is 14.6. The highest BCUT2D eigenvalue weighted by Crippen LogP contribution is 2.36. The Morgan fingerprint density at radius 1 is 1.14 bits per heavy atom. The summed E-state index contributed by atoms with van der Waals surface area (Å²) in [6.07, 6.45) is 8.93. The summed E-state index contributed by atoms with van der Waals surface area (Å²) in [7, 11) is 0. The second-order valence-corrected chi connectivity index (χ2v) is 9.54. The van der Waals surface area contributed by atoms with E-state index in [9.17, 15) is 8.78 Å². The number of hydrogen-bond acceptors (Lipinski definition) is 5. The molecule has 2 N–H and O–H groups in total. The standard InChI is InChI=1S/C30H31F2N5/c1-4-5-25-28-22(12-15-33-25)18-26(24-10-11-27(31)36-29(24)32)35-30(28)34-23-8-6-20(7-9-23)21-13-16-37(17-14-21)19(2)3/h5-12,15,18,21,33H,2,4,13-14,16-17H2,1,3H3,(H,34,35). The lowest BCUT2D eigenvalue weighted by atomic mass is 9.89. The first-order chi connectivity index (χ1) is 17.9. The first-order valence-corrected chi connectivity index (χ1v) is 12.7. The quantitative estimate of drug-likeness (QED) is 0.351. The minimum atomic E-state index is -0.886. The number of likely N-dealkylation sites (tertiary alicyclic amines) is 1. The van der Waals surface area contributed by atoms with Crippen LogP contribution in [0.15, 0.2) is 67.0 Å². The van der Waals surface area contributed by atoms with Crippen LogP contribution in [0.2, 0.25) is 0 Å². The average molecular weight is 500 g/mol. The van der Waals surface area contributed by atoms with E-state index >= 15 is 0 Å². The topological polar surface area (TPSA) is 53.1 Å². The Morgan fingerprint density at radius 2 is 1.89 bits per heavy atom. The molecule has 7 heteroatoms. The van der Waals surface area contributed by atoms with Crippen molar-refractivity contribution in [1.29, 1.82) is 0 Å². The molecule has 2 aliphatic rings. The van der Waals surface area contributed by atoms with Crippen LogP contribution in [-0.2, 0) is 0 Å². The van der Waals surface area contributed by atoms with Crippen molar-refractivity contribution in [3.05, 3.63) is 95.6 Å². The van der Waals surface area contributed by atoms with Gasteiger partial charge in [0.05, 0.1) is 11.3 Å². The molecule has 2 aliphatic heterocycles. The second-order valence-electron chi connectivity index (χ2n) is 9.54. The van der Waals surface area contributed by atoms with Gasteiger partial charge >= 0.3 is 0 Å². The van der Waals surface area contributed by atoms with Gasteiger partial charge in [-0.15, -0.1) is 0 Å². The number of pyridine rings is 2. The van der Waals surface area contributed by atoms with E-state index in [-0.39, 0.29) is 5.56 Å². The van der Waals surface area contributed by atoms with Crippen molar-refractivity contribution in [3.8, 4) is 11.3 Å². The highest BCUT2D eigenvalue weighted by Gasteiger charge is 2.22. The molecule has 0 unspecified atom stereocenters. The Labute approximate surface area is 216 Å². The largest absolute Gasteiger partial charge is 0.375 e. The van der Waals surface area contributed by atoms with Crippen molar-refractivity contribution >= 4 is 23.3 Å². The molecule has 1 aromatic carbocycles. The predicted molar refractivity (Wildman–Crippen MR) is 146 cm³/mol. The smallest absolute Gasteiger partial charge is 0.224 e. The molecule has 0 atom stereocenters. The summed E-state index contributed by atoms with van der Waals surface area (Å²) < 4.78 is 28.0. The summed E-state index contributed by atoms with van der Waals surface area (Å²) in [5, 5.41) is 6.75. The van der Waals surface area contributed by atoms with Crippen molar-refractivity contribution < 1.29 is 8.78 Å². The zero-order valence-corrected chi connectivity index (χ0v) is 21.2. The summed E-state index contributed by atoms with van der Waals surface area (Å²) in [5.74, 6) is -0.626. The van der Waals surface area contributed by atoms with Crippen molar-refractivity contribution in [2.24, 2.45) is 0 Å². The number of piperidine rings is 1. The summed E-state index contributed by atoms with van der Waals surface area (Å²) in [5.41, 5.74) is 6.60. The van der Waals surface area contributed by atoms with Gasteiger partial charge in [-0.25, -0.2) is 4.98 Å². The first kappa shape index (κ1) is 24.7. The first-order valence-electron chi connectivity index (χ1n) is 12.7. The lowest BCUT2D eigenvalue weighted by Gasteiger charge is -2.34. The minimum Gasteiger partial charge on any atom is -0.375 e. The van der Waals surface area contributed by atoms with Gasteiger partial charge < -0.3 is 15.5 Å². The van der Waals surface area contributed by atoms with Crippen LogP contribution in [-0.4, -0.2) is 28.0 Å². The molecule has 0 radical (unpaired) electrons. The number of aromatic nitrogens is 2. The van der Waals surface area contributed by atoms with E-state index in [1.165, 1.54) is 11.6 Å². The number of rotatable bonds is 6. The molecule has 190 valence electrons. The Balaban J connectivity index is 1.47. The van der Waals surface area contributed by atoms with Crippen LogP contribution < -0.4 is 10.6 Å². The zero-order valence-electron chi connectivity index (χ0n) is 21.2. The maximum Gasteiger partial charge on any atom is 0.224 e. The SMILES string of the molecule is C=C(C)N1CCC(c2ccc(Nc3nc(-c4ccc(F)nc4F)cc4c3C(=CCC)NC=C4)cc2)CC1. The number of hydrogen-bond donors (Lipinski definition) is 2. The summed E-state index contributed by atoms with van der Waals surface area (Å²) in [4.78, 5) is 10.5. The number of nitrogens with zero attached hydrogens (tertiary/aromatic N) is 3. The molecule has 1 saturated heterocycles. The van der Waals surface area contributed by atoms with E-state index in [0.717, 1.165) is 66.6 Å². The molecular weight excluding hydrogens is 468 g/mol. The molecule has 5 rings (SSSR count). The fraction of sp³-hybridized carbons (Fsp3) is 0.267. The number of nitrogens with one attached hydrogen (secondary N) is 2. The van der Waals surface area contributed by atoms with Gasteiger partial charge in [0.25, 0.3) is 0 Å². The Bertz CT molecular complexity index is 1370. The summed E-state index contributed by atoms with van der Waals surface area (Å²) in [6.45, 7) is 10.3. The van der Waals surface area contributed by atoms with Crippen LogP contribution in [0.5, 0.6) is 0 Å². The number of halogens is 2. The molecule has 0 amide bonds. The molecule has 1 fully saturated rings. The molecule has 0 saturated carbocycles. The van der Waals surface area contributed by atoms with E-state index in [1.54, 1.807) is 6.07 Å². The van der Waals surface area contributed by atoms with Crippen molar-refractivity contribution in [2.45, 2.75) is 39.0 Å². The number of anilines is 2. The molecule has 0 aliphatic carbocycles. The number of benzene rings is 1. The summed E-state index contributed by atoms with van der Waals surface area (Å²) >= 11 is 0. The van der Waals surface area contributed by atoms with Crippen LogP contribution in [0.4, 0.5) is 20.3 Å². The van der Waals surface area contributed by atoms with E-state index in [2.05, 4.69) is 71.3 Å². The van der Waals surface area contributed by atoms with Gasteiger partial charge in [-0.05, 0) is 79.6 Å². The molecule has 37 heavy (non-hydrogen) atoms. The maximum absolute atomic E-state index is 14.6. The van der Waals surface area contributed by atoms with E-state index in [1.807, 2.05) is 12.3 Å². The lowest BCUT2D eigenvalue weighted by Crippen LogP contribution is -2.31. The van der Waals surface area contributed by atoms with Gasteiger partial charge in [-0.2, -0.15) is 13.8 Å². The fourth-order valence-electron chi connectivity index (χ4n) is 5.04. The fourth-order valence-corrected chi connectivity index (χ4v) is 5.04. The highest BCUT2D eigenvalue weighted by atomic mass is 19.1. The number of fused-ring (bicyclic) bond motifs is 1. The van der Waals surface area contributed by atoms with Gasteiger partial charge in [-0.1, -0.05) is 31.7 Å². The molecular formula is C30H31F2N5. The molecule has 0 spiro atoms. The van der Waals surface area contributed by atoms with Crippen LogP contribution in [0.25, 0.3) is 23.0 Å². The molecule has 0 bridgehead atoms. The zero-order chi connectivity index (χ0) is 25.9. The third-order valence-electron chi connectivity index (χ3n) is 7.00. The van der Waals surface area contributed by atoms with E-state index in [4.69, 9.17) is 4.98 Å². The third kappa shape index (κ3) is 5.26. The molecule has 4 heterocycles.